The lowest BCUT2D eigenvalue weighted by Gasteiger charge is -2.07. The minimum Gasteiger partial charge on any atom is -0.348 e. The van der Waals surface area contributed by atoms with E-state index in [1.807, 2.05) is 17.8 Å². The predicted octanol–water partition coefficient (Wildman–Crippen LogP) is 3.07. The van der Waals surface area contributed by atoms with Crippen molar-refractivity contribution in [3.8, 4) is 0 Å². The average Bonchev–Trinajstić information content (AvgIpc) is 2.93. The molecule has 23 heavy (non-hydrogen) atoms. The van der Waals surface area contributed by atoms with Crippen LogP contribution >= 0.6 is 11.8 Å². The van der Waals surface area contributed by atoms with E-state index in [0.29, 0.717) is 12.1 Å². The molecule has 0 spiro atoms. The Bertz CT molecular complexity index is 700. The fourth-order valence-electron chi connectivity index (χ4n) is 2.70. The van der Waals surface area contributed by atoms with Crippen LogP contribution in [0.2, 0.25) is 0 Å². The first kappa shape index (κ1) is 16.0. The molecule has 1 N–H and O–H groups in total. The molecule has 4 nitrogen and oxygen atoms in total. The summed E-state index contributed by atoms with van der Waals surface area (Å²) in [5.74, 6) is 0.998. The van der Waals surface area contributed by atoms with Crippen LogP contribution in [0.1, 0.15) is 34.1 Å². The highest BCUT2D eigenvalue weighted by Gasteiger charge is 2.18. The Balaban J connectivity index is 1.60. The SMILES string of the molecule is CCSc1ccc(CNC(=O)c2cnc3c(c2)CN(C)C3)cc1. The molecule has 3 rings (SSSR count). The van der Waals surface area contributed by atoms with Gasteiger partial charge in [0.25, 0.3) is 5.91 Å². The molecular formula is C18H21N3OS. The molecular weight excluding hydrogens is 306 g/mol. The van der Waals surface area contributed by atoms with Crippen LogP contribution in [-0.2, 0) is 19.6 Å². The number of nitrogens with one attached hydrogen (secondary N) is 1. The number of hydrogen-bond acceptors (Lipinski definition) is 4. The number of carbonyl (C=O) groups is 1. The van der Waals surface area contributed by atoms with E-state index in [-0.39, 0.29) is 5.91 Å². The molecule has 1 aromatic carbocycles. The maximum Gasteiger partial charge on any atom is 0.253 e. The molecule has 0 bridgehead atoms. The van der Waals surface area contributed by atoms with Gasteiger partial charge >= 0.3 is 0 Å². The number of hydrogen-bond donors (Lipinski definition) is 1. The van der Waals surface area contributed by atoms with Crippen molar-refractivity contribution in [1.82, 2.24) is 15.2 Å². The van der Waals surface area contributed by atoms with Gasteiger partial charge in [-0.25, -0.2) is 0 Å². The molecule has 0 atom stereocenters. The van der Waals surface area contributed by atoms with Gasteiger partial charge in [-0.2, -0.15) is 0 Å². The molecule has 1 aliphatic rings. The maximum absolute atomic E-state index is 12.3. The Labute approximate surface area is 141 Å². The van der Waals surface area contributed by atoms with Crippen LogP contribution in [0, 0.1) is 0 Å². The number of benzene rings is 1. The third-order valence-corrected chi connectivity index (χ3v) is 4.76. The van der Waals surface area contributed by atoms with E-state index in [0.717, 1.165) is 35.7 Å². The van der Waals surface area contributed by atoms with Crippen molar-refractivity contribution < 1.29 is 4.79 Å². The molecule has 0 aliphatic carbocycles. The van der Waals surface area contributed by atoms with Crippen molar-refractivity contribution in [2.75, 3.05) is 12.8 Å². The number of aromatic nitrogens is 1. The molecule has 0 fully saturated rings. The lowest BCUT2D eigenvalue weighted by atomic mass is 10.1. The van der Waals surface area contributed by atoms with Crippen molar-refractivity contribution in [3.63, 3.8) is 0 Å². The summed E-state index contributed by atoms with van der Waals surface area (Å²) < 4.78 is 0. The van der Waals surface area contributed by atoms with E-state index < -0.39 is 0 Å². The van der Waals surface area contributed by atoms with Gasteiger partial charge in [-0.1, -0.05) is 19.1 Å². The van der Waals surface area contributed by atoms with Gasteiger partial charge in [0.2, 0.25) is 0 Å². The van der Waals surface area contributed by atoms with Crippen molar-refractivity contribution in [1.29, 1.82) is 0 Å². The molecule has 1 aromatic heterocycles. The summed E-state index contributed by atoms with van der Waals surface area (Å²) in [6.45, 7) is 4.40. The lowest BCUT2D eigenvalue weighted by molar-refractivity contribution is 0.0950. The second-order valence-electron chi connectivity index (χ2n) is 5.76. The molecule has 120 valence electrons. The second-order valence-corrected chi connectivity index (χ2v) is 7.10. The summed E-state index contributed by atoms with van der Waals surface area (Å²) in [5, 5.41) is 2.97. The van der Waals surface area contributed by atoms with Gasteiger partial charge in [-0.15, -0.1) is 11.8 Å². The zero-order valence-corrected chi connectivity index (χ0v) is 14.3. The molecule has 0 unspecified atom stereocenters. The van der Waals surface area contributed by atoms with Crippen LogP contribution in [0.5, 0.6) is 0 Å². The molecule has 5 heteroatoms. The Hall–Kier alpha value is -1.85. The number of thioether (sulfide) groups is 1. The summed E-state index contributed by atoms with van der Waals surface area (Å²) in [7, 11) is 2.06. The lowest BCUT2D eigenvalue weighted by Crippen LogP contribution is -2.23. The van der Waals surface area contributed by atoms with Gasteiger partial charge in [-0.3, -0.25) is 14.7 Å². The van der Waals surface area contributed by atoms with Gasteiger partial charge in [0.15, 0.2) is 0 Å². The minimum atomic E-state index is -0.0677. The molecule has 0 saturated heterocycles. The Morgan fingerprint density at radius 2 is 2.09 bits per heavy atom. The molecule has 2 aromatic rings. The Morgan fingerprint density at radius 1 is 1.30 bits per heavy atom. The number of amides is 1. The van der Waals surface area contributed by atoms with E-state index in [1.165, 1.54) is 4.90 Å². The van der Waals surface area contributed by atoms with Gasteiger partial charge in [0.05, 0.1) is 11.3 Å². The third kappa shape index (κ3) is 3.92. The first-order valence-corrected chi connectivity index (χ1v) is 8.80. The fraction of sp³-hybridized carbons (Fsp3) is 0.333. The average molecular weight is 327 g/mol. The molecule has 1 aliphatic heterocycles. The first-order chi connectivity index (χ1) is 11.2. The maximum atomic E-state index is 12.3. The molecule has 0 radical (unpaired) electrons. The quantitative estimate of drug-likeness (QED) is 0.857. The van der Waals surface area contributed by atoms with Crippen molar-refractivity contribution in [3.05, 3.63) is 58.9 Å². The number of pyridine rings is 1. The van der Waals surface area contributed by atoms with Crippen LogP contribution in [-0.4, -0.2) is 28.6 Å². The van der Waals surface area contributed by atoms with E-state index in [9.17, 15) is 4.79 Å². The molecule has 2 heterocycles. The van der Waals surface area contributed by atoms with E-state index in [2.05, 4.69) is 53.4 Å². The summed E-state index contributed by atoms with van der Waals surface area (Å²) >= 11 is 1.82. The fourth-order valence-corrected chi connectivity index (χ4v) is 3.36. The van der Waals surface area contributed by atoms with Crippen LogP contribution < -0.4 is 5.32 Å². The van der Waals surface area contributed by atoms with E-state index in [4.69, 9.17) is 0 Å². The Kier molecular flexibility index (Phi) is 4.98. The molecule has 0 saturated carbocycles. The molecule has 1 amide bonds. The number of carbonyl (C=O) groups excluding carboxylic acids is 1. The van der Waals surface area contributed by atoms with Gasteiger partial charge in [0, 0.05) is 30.7 Å². The highest BCUT2D eigenvalue weighted by atomic mass is 32.2. The largest absolute Gasteiger partial charge is 0.348 e. The summed E-state index contributed by atoms with van der Waals surface area (Å²) in [5.41, 5.74) is 3.97. The van der Waals surface area contributed by atoms with Gasteiger partial charge in [-0.05, 0) is 42.1 Å². The van der Waals surface area contributed by atoms with E-state index >= 15 is 0 Å². The summed E-state index contributed by atoms with van der Waals surface area (Å²) in [6.07, 6.45) is 1.67. The minimum absolute atomic E-state index is 0.0677. The normalized spacial score (nSPS) is 13.8. The standard InChI is InChI=1S/C18H21N3OS/c1-3-23-16-6-4-13(5-7-16)9-20-18(22)14-8-15-11-21(2)12-17(15)19-10-14/h4-8,10H,3,9,11-12H2,1-2H3,(H,20,22). The van der Waals surface area contributed by atoms with Gasteiger partial charge < -0.3 is 5.32 Å². The zero-order valence-electron chi connectivity index (χ0n) is 13.5. The van der Waals surface area contributed by atoms with Crippen LogP contribution in [0.15, 0.2) is 41.4 Å². The number of fused-ring (bicyclic) bond motifs is 1. The zero-order chi connectivity index (χ0) is 16.2. The third-order valence-electron chi connectivity index (χ3n) is 3.87. The van der Waals surface area contributed by atoms with Crippen molar-refractivity contribution in [2.24, 2.45) is 0 Å². The van der Waals surface area contributed by atoms with Crippen LogP contribution in [0.25, 0.3) is 0 Å². The summed E-state index contributed by atoms with van der Waals surface area (Å²) in [4.78, 5) is 20.2. The predicted molar refractivity (Wildman–Crippen MR) is 93.4 cm³/mol. The summed E-state index contributed by atoms with van der Waals surface area (Å²) in [6, 6.07) is 10.3. The van der Waals surface area contributed by atoms with Crippen molar-refractivity contribution in [2.45, 2.75) is 31.5 Å². The van der Waals surface area contributed by atoms with Gasteiger partial charge in [0.1, 0.15) is 0 Å². The number of rotatable bonds is 5. The highest BCUT2D eigenvalue weighted by Crippen LogP contribution is 2.20. The van der Waals surface area contributed by atoms with Crippen LogP contribution in [0.3, 0.4) is 0 Å². The first-order valence-electron chi connectivity index (χ1n) is 7.82. The Morgan fingerprint density at radius 3 is 2.83 bits per heavy atom. The van der Waals surface area contributed by atoms with Crippen molar-refractivity contribution >= 4 is 17.7 Å². The van der Waals surface area contributed by atoms with E-state index in [1.54, 1.807) is 6.20 Å². The highest BCUT2D eigenvalue weighted by molar-refractivity contribution is 7.99. The second kappa shape index (κ2) is 7.15. The monoisotopic (exact) mass is 327 g/mol. The van der Waals surface area contributed by atoms with Crippen LogP contribution in [0.4, 0.5) is 0 Å². The smallest absolute Gasteiger partial charge is 0.253 e. The number of nitrogens with zero attached hydrogens (tertiary/aromatic N) is 2. The topological polar surface area (TPSA) is 45.2 Å².